The third-order valence-corrected chi connectivity index (χ3v) is 5.62. The minimum Gasteiger partial charge on any atom is -0.372 e. The summed E-state index contributed by atoms with van der Waals surface area (Å²) in [6.07, 6.45) is 7.42. The molecule has 2 aromatic carbocycles. The van der Waals surface area contributed by atoms with Gasteiger partial charge in [0.25, 0.3) is 0 Å². The zero-order chi connectivity index (χ0) is 19.6. The predicted molar refractivity (Wildman–Crippen MR) is 114 cm³/mol. The topological polar surface area (TPSA) is 70.5 Å². The smallest absolute Gasteiger partial charge is 0.0730 e. The van der Waals surface area contributed by atoms with Gasteiger partial charge in [0.2, 0.25) is 0 Å². The molecule has 4 nitrogen and oxygen atoms in total. The Bertz CT molecular complexity index is 605. The summed E-state index contributed by atoms with van der Waals surface area (Å²) >= 11 is 0. The maximum Gasteiger partial charge on any atom is 0.0730 e. The third-order valence-electron chi connectivity index (χ3n) is 5.62. The van der Waals surface area contributed by atoms with Crippen LogP contribution in [0.5, 0.6) is 0 Å². The highest BCUT2D eigenvalue weighted by Crippen LogP contribution is 2.22. The fraction of sp³-hybridized carbons (Fsp3) is 0.500. The van der Waals surface area contributed by atoms with Gasteiger partial charge in [-0.3, -0.25) is 0 Å². The van der Waals surface area contributed by atoms with Gasteiger partial charge in [-0.1, -0.05) is 60.7 Å². The van der Waals surface area contributed by atoms with E-state index in [9.17, 15) is 0 Å². The van der Waals surface area contributed by atoms with Crippen molar-refractivity contribution in [1.82, 2.24) is 0 Å². The van der Waals surface area contributed by atoms with E-state index in [2.05, 4.69) is 24.3 Å². The van der Waals surface area contributed by atoms with Crippen molar-refractivity contribution < 1.29 is 9.47 Å². The van der Waals surface area contributed by atoms with E-state index in [0.717, 1.165) is 25.7 Å². The lowest BCUT2D eigenvalue weighted by molar-refractivity contribution is 0.0357. The van der Waals surface area contributed by atoms with Crippen LogP contribution in [0.25, 0.3) is 0 Å². The van der Waals surface area contributed by atoms with Gasteiger partial charge in [0.05, 0.1) is 25.4 Å². The molecule has 28 heavy (non-hydrogen) atoms. The van der Waals surface area contributed by atoms with Gasteiger partial charge in [-0.2, -0.15) is 0 Å². The normalized spacial score (nSPS) is 26.6. The Hall–Kier alpha value is -1.72. The summed E-state index contributed by atoms with van der Waals surface area (Å²) in [5.41, 5.74) is 14.3. The largest absolute Gasteiger partial charge is 0.372 e. The molecule has 0 radical (unpaired) electrons. The minimum absolute atomic E-state index is 0.249. The van der Waals surface area contributed by atoms with E-state index in [1.807, 2.05) is 36.4 Å². The fourth-order valence-electron chi connectivity index (χ4n) is 3.88. The van der Waals surface area contributed by atoms with Crippen LogP contribution in [-0.4, -0.2) is 24.3 Å². The zero-order valence-corrected chi connectivity index (χ0v) is 16.7. The van der Waals surface area contributed by atoms with Crippen LogP contribution in [0.3, 0.4) is 0 Å². The molecule has 0 bridgehead atoms. The quantitative estimate of drug-likeness (QED) is 0.787. The van der Waals surface area contributed by atoms with Gasteiger partial charge in [-0.05, 0) is 49.7 Å². The Kier molecular flexibility index (Phi) is 8.49. The monoisotopic (exact) mass is 382 g/mol. The first-order chi connectivity index (χ1) is 13.7. The average Bonchev–Trinajstić information content (AvgIpc) is 3.34. The van der Waals surface area contributed by atoms with Crippen molar-refractivity contribution in [3.63, 3.8) is 0 Å². The highest BCUT2D eigenvalue weighted by atomic mass is 16.5. The molecule has 2 aliphatic carbocycles. The lowest BCUT2D eigenvalue weighted by Crippen LogP contribution is -2.31. The number of hydrogen-bond acceptors (Lipinski definition) is 4. The van der Waals surface area contributed by atoms with Crippen molar-refractivity contribution in [1.29, 1.82) is 0 Å². The SMILES string of the molecule is N[C@@H]1CCC[C@H]1OCc1ccccc1.N[C@H]1CCC[C@@H]1OCc1ccccc1. The van der Waals surface area contributed by atoms with Crippen LogP contribution < -0.4 is 11.5 Å². The summed E-state index contributed by atoms with van der Waals surface area (Å²) in [5, 5.41) is 0. The number of rotatable bonds is 6. The zero-order valence-electron chi connectivity index (χ0n) is 16.7. The first-order valence-corrected chi connectivity index (χ1v) is 10.5. The van der Waals surface area contributed by atoms with Crippen LogP contribution in [0.1, 0.15) is 49.7 Å². The summed E-state index contributed by atoms with van der Waals surface area (Å²) in [6, 6.07) is 21.0. The highest BCUT2D eigenvalue weighted by molar-refractivity contribution is 5.14. The number of benzene rings is 2. The molecule has 0 amide bonds. The van der Waals surface area contributed by atoms with Gasteiger partial charge < -0.3 is 20.9 Å². The van der Waals surface area contributed by atoms with E-state index in [-0.39, 0.29) is 24.3 Å². The lowest BCUT2D eigenvalue weighted by Gasteiger charge is -2.16. The maximum atomic E-state index is 5.92. The standard InChI is InChI=1S/2C12H17NO/c2*13-11-7-4-8-12(11)14-9-10-5-2-1-3-6-10/h2*1-3,5-6,11-12H,4,7-9,13H2/t2*11-,12-/m10/s1. The van der Waals surface area contributed by atoms with Gasteiger partial charge in [0.1, 0.15) is 0 Å². The second-order valence-corrected chi connectivity index (χ2v) is 7.86. The molecule has 0 aromatic heterocycles. The van der Waals surface area contributed by atoms with Gasteiger partial charge in [0.15, 0.2) is 0 Å². The van der Waals surface area contributed by atoms with Crippen LogP contribution in [0.2, 0.25) is 0 Å². The molecule has 0 spiro atoms. The summed E-state index contributed by atoms with van der Waals surface area (Å²) in [6.45, 7) is 1.39. The van der Waals surface area contributed by atoms with Crippen molar-refractivity contribution in [3.8, 4) is 0 Å². The van der Waals surface area contributed by atoms with E-state index in [1.165, 1.54) is 24.0 Å². The van der Waals surface area contributed by atoms with Crippen molar-refractivity contribution >= 4 is 0 Å². The van der Waals surface area contributed by atoms with E-state index in [0.29, 0.717) is 13.2 Å². The third kappa shape index (κ3) is 6.71. The Labute approximate surface area is 169 Å². The molecule has 2 fully saturated rings. The molecule has 4 heteroatoms. The summed E-state index contributed by atoms with van der Waals surface area (Å²) in [4.78, 5) is 0. The molecular formula is C24H34N2O2. The highest BCUT2D eigenvalue weighted by Gasteiger charge is 2.24. The van der Waals surface area contributed by atoms with E-state index < -0.39 is 0 Å². The van der Waals surface area contributed by atoms with Crippen LogP contribution >= 0.6 is 0 Å². The molecule has 4 rings (SSSR count). The van der Waals surface area contributed by atoms with Crippen molar-refractivity contribution in [2.24, 2.45) is 11.5 Å². The summed E-state index contributed by atoms with van der Waals surface area (Å²) < 4.78 is 11.6. The van der Waals surface area contributed by atoms with Gasteiger partial charge >= 0.3 is 0 Å². The minimum atomic E-state index is 0.249. The van der Waals surface area contributed by atoms with Crippen molar-refractivity contribution in [3.05, 3.63) is 71.8 Å². The van der Waals surface area contributed by atoms with Crippen molar-refractivity contribution in [2.45, 2.75) is 76.0 Å². The van der Waals surface area contributed by atoms with Crippen LogP contribution in [0, 0.1) is 0 Å². The molecule has 152 valence electrons. The Morgan fingerprint density at radius 3 is 1.32 bits per heavy atom. The molecule has 0 saturated heterocycles. The molecule has 4 N–H and O–H groups in total. The predicted octanol–water partition coefficient (Wildman–Crippen LogP) is 4.17. The molecule has 2 saturated carbocycles. The molecule has 0 aliphatic heterocycles. The Morgan fingerprint density at radius 2 is 1.00 bits per heavy atom. The molecule has 4 atom stereocenters. The second kappa shape index (κ2) is 11.3. The molecule has 2 aliphatic rings. The van der Waals surface area contributed by atoms with Crippen LogP contribution in [0.15, 0.2) is 60.7 Å². The van der Waals surface area contributed by atoms with E-state index in [4.69, 9.17) is 20.9 Å². The average molecular weight is 383 g/mol. The number of hydrogen-bond donors (Lipinski definition) is 2. The molecule has 2 aromatic rings. The lowest BCUT2D eigenvalue weighted by atomic mass is 10.2. The first-order valence-electron chi connectivity index (χ1n) is 10.5. The Morgan fingerprint density at radius 1 is 0.607 bits per heavy atom. The first kappa shape index (κ1) is 21.0. The molecule has 0 heterocycles. The van der Waals surface area contributed by atoms with E-state index >= 15 is 0 Å². The number of nitrogens with two attached hydrogens (primary N) is 2. The van der Waals surface area contributed by atoms with Gasteiger partial charge in [0, 0.05) is 12.1 Å². The summed E-state index contributed by atoms with van der Waals surface area (Å²) in [5.74, 6) is 0. The molecular weight excluding hydrogens is 348 g/mol. The Balaban J connectivity index is 0.000000161. The maximum absolute atomic E-state index is 5.92. The second-order valence-electron chi connectivity index (χ2n) is 7.86. The van der Waals surface area contributed by atoms with Gasteiger partial charge in [-0.25, -0.2) is 0 Å². The van der Waals surface area contributed by atoms with Crippen molar-refractivity contribution in [2.75, 3.05) is 0 Å². The van der Waals surface area contributed by atoms with Crippen LogP contribution in [0.4, 0.5) is 0 Å². The fourth-order valence-corrected chi connectivity index (χ4v) is 3.88. The molecule has 0 unspecified atom stereocenters. The number of ether oxygens (including phenoxy) is 2. The summed E-state index contributed by atoms with van der Waals surface area (Å²) in [7, 11) is 0. The van der Waals surface area contributed by atoms with Gasteiger partial charge in [-0.15, -0.1) is 0 Å². The van der Waals surface area contributed by atoms with Crippen LogP contribution in [-0.2, 0) is 22.7 Å². The van der Waals surface area contributed by atoms with E-state index in [1.54, 1.807) is 0 Å².